The lowest BCUT2D eigenvalue weighted by Crippen LogP contribution is -2.36. The summed E-state index contributed by atoms with van der Waals surface area (Å²) in [6, 6.07) is 6.04. The summed E-state index contributed by atoms with van der Waals surface area (Å²) in [5, 5.41) is 9.29. The van der Waals surface area contributed by atoms with E-state index < -0.39 is 0 Å². The zero-order valence-electron chi connectivity index (χ0n) is 17.1. The minimum absolute atomic E-state index is 0.0115. The molecule has 1 aromatic carbocycles. The summed E-state index contributed by atoms with van der Waals surface area (Å²) in [5.74, 6) is 0.820. The van der Waals surface area contributed by atoms with Crippen LogP contribution in [0.25, 0.3) is 21.7 Å². The number of rotatable bonds is 9. The van der Waals surface area contributed by atoms with Gasteiger partial charge in [0.05, 0.1) is 11.6 Å². The Morgan fingerprint density at radius 3 is 2.86 bits per heavy atom. The van der Waals surface area contributed by atoms with Crippen LogP contribution in [-0.4, -0.2) is 66.1 Å². The maximum atomic E-state index is 12.8. The van der Waals surface area contributed by atoms with Crippen molar-refractivity contribution in [1.29, 1.82) is 0 Å². The summed E-state index contributed by atoms with van der Waals surface area (Å²) in [5.41, 5.74) is 2.46. The van der Waals surface area contributed by atoms with Gasteiger partial charge in [0.25, 0.3) is 5.91 Å². The number of likely N-dealkylation sites (N-methyl/N-ethyl adjacent to an activating group) is 2. The molecule has 0 aliphatic heterocycles. The lowest BCUT2D eigenvalue weighted by Gasteiger charge is -2.21. The molecule has 4 rings (SSSR count). The number of amides is 1. The van der Waals surface area contributed by atoms with Gasteiger partial charge in [0.2, 0.25) is 0 Å². The van der Waals surface area contributed by atoms with Crippen LogP contribution in [0.5, 0.6) is 0 Å². The number of carbonyl (C=O) groups excluding carboxylic acids is 1. The van der Waals surface area contributed by atoms with Gasteiger partial charge in [0.1, 0.15) is 15.6 Å². The van der Waals surface area contributed by atoms with E-state index in [9.17, 15) is 4.79 Å². The molecule has 1 aliphatic carbocycles. The first-order valence-electron chi connectivity index (χ1n) is 10.1. The van der Waals surface area contributed by atoms with Gasteiger partial charge >= 0.3 is 0 Å². The van der Waals surface area contributed by atoms with Gasteiger partial charge in [-0.15, -0.1) is 11.3 Å². The molecular formula is C21H27N5O2S. The Balaban J connectivity index is 1.50. The molecule has 1 aliphatic rings. The van der Waals surface area contributed by atoms with Gasteiger partial charge in [-0.05, 0) is 51.9 Å². The van der Waals surface area contributed by atoms with Crippen molar-refractivity contribution in [3.63, 3.8) is 0 Å². The van der Waals surface area contributed by atoms with Crippen molar-refractivity contribution < 1.29 is 9.32 Å². The van der Waals surface area contributed by atoms with Crippen LogP contribution in [0, 0.1) is 5.92 Å². The number of thiazole rings is 1. The predicted octanol–water partition coefficient (Wildman–Crippen LogP) is 3.80. The normalized spacial score (nSPS) is 13.9. The molecule has 1 saturated carbocycles. The van der Waals surface area contributed by atoms with E-state index in [1.165, 1.54) is 24.2 Å². The summed E-state index contributed by atoms with van der Waals surface area (Å²) < 4.78 is 5.55. The van der Waals surface area contributed by atoms with Crippen LogP contribution in [0.3, 0.4) is 0 Å². The third-order valence-electron chi connectivity index (χ3n) is 5.17. The zero-order chi connectivity index (χ0) is 20.4. The number of hydrogen-bond donors (Lipinski definition) is 1. The van der Waals surface area contributed by atoms with Crippen LogP contribution in [0.15, 0.2) is 28.9 Å². The van der Waals surface area contributed by atoms with Crippen molar-refractivity contribution in [2.45, 2.75) is 19.8 Å². The van der Waals surface area contributed by atoms with Crippen LogP contribution >= 0.6 is 11.3 Å². The van der Waals surface area contributed by atoms with Gasteiger partial charge in [-0.1, -0.05) is 5.16 Å². The average Bonchev–Trinajstić information content (AvgIpc) is 3.24. The van der Waals surface area contributed by atoms with Gasteiger partial charge in [-0.25, -0.2) is 4.98 Å². The molecule has 1 fully saturated rings. The highest BCUT2D eigenvalue weighted by molar-refractivity contribution is 7.17. The predicted molar refractivity (Wildman–Crippen MR) is 116 cm³/mol. The summed E-state index contributed by atoms with van der Waals surface area (Å²) in [4.78, 5) is 21.8. The highest BCUT2D eigenvalue weighted by atomic mass is 32.1. The van der Waals surface area contributed by atoms with E-state index in [-0.39, 0.29) is 5.91 Å². The van der Waals surface area contributed by atoms with Crippen LogP contribution in [-0.2, 0) is 0 Å². The van der Waals surface area contributed by atoms with E-state index in [1.54, 1.807) is 6.20 Å². The van der Waals surface area contributed by atoms with E-state index >= 15 is 0 Å². The minimum atomic E-state index is 0.0115. The Labute approximate surface area is 174 Å². The molecule has 0 atom stereocenters. The molecule has 29 heavy (non-hydrogen) atoms. The molecule has 3 aromatic rings. The van der Waals surface area contributed by atoms with Crippen molar-refractivity contribution >= 4 is 33.9 Å². The highest BCUT2D eigenvalue weighted by Crippen LogP contribution is 2.33. The number of anilines is 1. The SMILES string of the molecule is CCN(CCN(C)C)C(=O)c1cnc(-c2noc3cc(NCC4CC4)ccc23)s1. The number of nitrogens with one attached hydrogen (secondary N) is 1. The van der Waals surface area contributed by atoms with Crippen molar-refractivity contribution in [3.8, 4) is 10.7 Å². The number of nitrogens with zero attached hydrogens (tertiary/aromatic N) is 4. The van der Waals surface area contributed by atoms with E-state index in [1.807, 2.05) is 44.1 Å². The van der Waals surface area contributed by atoms with Crippen LogP contribution in [0.4, 0.5) is 5.69 Å². The van der Waals surface area contributed by atoms with E-state index in [4.69, 9.17) is 4.52 Å². The van der Waals surface area contributed by atoms with Gasteiger partial charge in [-0.2, -0.15) is 0 Å². The Kier molecular flexibility index (Phi) is 5.82. The smallest absolute Gasteiger partial charge is 0.265 e. The highest BCUT2D eigenvalue weighted by Gasteiger charge is 2.22. The van der Waals surface area contributed by atoms with E-state index in [0.29, 0.717) is 28.7 Å². The molecule has 154 valence electrons. The molecule has 7 nitrogen and oxygen atoms in total. The molecule has 2 aromatic heterocycles. The first-order valence-corrected chi connectivity index (χ1v) is 10.9. The Hall–Kier alpha value is -2.45. The zero-order valence-corrected chi connectivity index (χ0v) is 18.0. The summed E-state index contributed by atoms with van der Waals surface area (Å²) in [7, 11) is 4.01. The lowest BCUT2D eigenvalue weighted by atomic mass is 10.2. The first-order chi connectivity index (χ1) is 14.0. The third kappa shape index (κ3) is 4.59. The molecule has 0 unspecified atom stereocenters. The summed E-state index contributed by atoms with van der Waals surface area (Å²) in [6.45, 7) is 5.19. The van der Waals surface area contributed by atoms with Crippen molar-refractivity contribution in [1.82, 2.24) is 19.9 Å². The number of hydrogen-bond acceptors (Lipinski definition) is 7. The second-order valence-electron chi connectivity index (χ2n) is 7.78. The maximum Gasteiger partial charge on any atom is 0.265 e. The maximum absolute atomic E-state index is 12.8. The third-order valence-corrected chi connectivity index (χ3v) is 6.16. The van der Waals surface area contributed by atoms with E-state index in [2.05, 4.69) is 20.4 Å². The monoisotopic (exact) mass is 413 g/mol. The molecule has 0 bridgehead atoms. The van der Waals surface area contributed by atoms with Gasteiger partial charge < -0.3 is 19.6 Å². The molecular weight excluding hydrogens is 386 g/mol. The topological polar surface area (TPSA) is 74.5 Å². The van der Waals surface area contributed by atoms with Crippen LogP contribution < -0.4 is 5.32 Å². The molecule has 8 heteroatoms. The molecule has 0 spiro atoms. The number of fused-ring (bicyclic) bond motifs is 1. The molecule has 1 N–H and O–H groups in total. The average molecular weight is 414 g/mol. The fraction of sp³-hybridized carbons (Fsp3) is 0.476. The first kappa shape index (κ1) is 19.8. The van der Waals surface area contributed by atoms with Crippen LogP contribution in [0.2, 0.25) is 0 Å². The quantitative estimate of drug-likeness (QED) is 0.575. The number of aromatic nitrogens is 2. The fourth-order valence-electron chi connectivity index (χ4n) is 3.15. The number of carbonyl (C=O) groups is 1. The van der Waals surface area contributed by atoms with Crippen LogP contribution in [0.1, 0.15) is 29.4 Å². The Morgan fingerprint density at radius 2 is 2.14 bits per heavy atom. The lowest BCUT2D eigenvalue weighted by molar-refractivity contribution is 0.0759. The fourth-order valence-corrected chi connectivity index (χ4v) is 4.03. The van der Waals surface area contributed by atoms with Crippen molar-refractivity contribution in [3.05, 3.63) is 29.3 Å². The molecule has 0 saturated heterocycles. The van der Waals surface area contributed by atoms with Gasteiger partial charge in [-0.3, -0.25) is 4.79 Å². The molecule has 1 amide bonds. The van der Waals surface area contributed by atoms with E-state index in [0.717, 1.165) is 35.7 Å². The Bertz CT molecular complexity index is 992. The Morgan fingerprint density at radius 1 is 1.31 bits per heavy atom. The standard InChI is InChI=1S/C21H27N5O2S/c1-4-26(10-9-25(2)3)21(27)18-13-23-20(29-18)19-16-8-7-15(11-17(16)28-24-19)22-12-14-5-6-14/h7-8,11,13-14,22H,4-6,9-10,12H2,1-3H3. The second kappa shape index (κ2) is 8.51. The molecule has 0 radical (unpaired) electrons. The second-order valence-corrected chi connectivity index (χ2v) is 8.81. The van der Waals surface area contributed by atoms with Gasteiger partial charge in [0.15, 0.2) is 5.58 Å². The van der Waals surface area contributed by atoms with Crippen molar-refractivity contribution in [2.24, 2.45) is 5.92 Å². The van der Waals surface area contributed by atoms with Crippen molar-refractivity contribution in [2.75, 3.05) is 45.6 Å². The largest absolute Gasteiger partial charge is 0.385 e. The number of benzene rings is 1. The minimum Gasteiger partial charge on any atom is -0.385 e. The summed E-state index contributed by atoms with van der Waals surface area (Å²) in [6.07, 6.45) is 4.28. The van der Waals surface area contributed by atoms with Gasteiger partial charge in [0, 0.05) is 37.9 Å². The summed E-state index contributed by atoms with van der Waals surface area (Å²) >= 11 is 1.36. The molecule has 2 heterocycles.